The number of carboxylic acids is 1. The van der Waals surface area contributed by atoms with Gasteiger partial charge in [-0.3, -0.25) is 4.79 Å². The van der Waals surface area contributed by atoms with E-state index in [1.807, 2.05) is 6.92 Å². The highest BCUT2D eigenvalue weighted by molar-refractivity contribution is 5.85. The van der Waals surface area contributed by atoms with E-state index in [-0.39, 0.29) is 5.97 Å². The second-order valence-electron chi connectivity index (χ2n) is 4.02. The molecule has 0 saturated heterocycles. The minimum absolute atomic E-state index is 0.105. The molecule has 1 N–H and O–H groups in total. The predicted molar refractivity (Wildman–Crippen MR) is 81.2 cm³/mol. The zero-order valence-electron chi connectivity index (χ0n) is 12.7. The van der Waals surface area contributed by atoms with E-state index in [2.05, 4.69) is 0 Å². The number of benzene rings is 1. The molecule has 0 unspecified atom stereocenters. The van der Waals surface area contributed by atoms with Crippen LogP contribution in [0.2, 0.25) is 0 Å². The standard InChI is InChI=1S/C10H10O3.C6H12O2/c1-13-9-5-2-8(3-6-9)4-7-10(11)12;1-3-5-8-6(7)4-2/h2-7H,1H3,(H,11,12);3-5H2,1-2H3/b7-4+;. The van der Waals surface area contributed by atoms with Gasteiger partial charge in [-0.05, 0) is 30.2 Å². The van der Waals surface area contributed by atoms with E-state index in [9.17, 15) is 9.59 Å². The van der Waals surface area contributed by atoms with Crippen LogP contribution in [0, 0.1) is 0 Å². The Bertz CT molecular complexity index is 448. The fourth-order valence-corrected chi connectivity index (χ4v) is 1.20. The lowest BCUT2D eigenvalue weighted by Gasteiger charge is -1.98. The molecule has 0 aliphatic carbocycles. The molecule has 1 rings (SSSR count). The molecule has 0 aliphatic heterocycles. The van der Waals surface area contributed by atoms with Crippen LogP contribution in [-0.2, 0) is 14.3 Å². The molecule has 0 spiro atoms. The minimum atomic E-state index is -0.948. The number of hydrogen-bond acceptors (Lipinski definition) is 4. The van der Waals surface area contributed by atoms with E-state index in [4.69, 9.17) is 14.6 Å². The fraction of sp³-hybridized carbons (Fsp3) is 0.375. The van der Waals surface area contributed by atoms with E-state index in [1.165, 1.54) is 6.08 Å². The van der Waals surface area contributed by atoms with Crippen molar-refractivity contribution in [2.75, 3.05) is 13.7 Å². The van der Waals surface area contributed by atoms with Crippen molar-refractivity contribution in [2.24, 2.45) is 0 Å². The monoisotopic (exact) mass is 294 g/mol. The summed E-state index contributed by atoms with van der Waals surface area (Å²) in [6.07, 6.45) is 4.02. The van der Waals surface area contributed by atoms with Gasteiger partial charge in [-0.1, -0.05) is 26.0 Å². The highest BCUT2D eigenvalue weighted by atomic mass is 16.5. The lowest BCUT2D eigenvalue weighted by atomic mass is 10.2. The highest BCUT2D eigenvalue weighted by Gasteiger charge is 1.93. The summed E-state index contributed by atoms with van der Waals surface area (Å²) in [5, 5.41) is 8.36. The second-order valence-corrected chi connectivity index (χ2v) is 4.02. The Morgan fingerprint density at radius 2 is 1.81 bits per heavy atom. The summed E-state index contributed by atoms with van der Waals surface area (Å²) >= 11 is 0. The first-order valence-corrected chi connectivity index (χ1v) is 6.74. The molecule has 0 aromatic heterocycles. The van der Waals surface area contributed by atoms with E-state index >= 15 is 0 Å². The van der Waals surface area contributed by atoms with Crippen LogP contribution in [0.1, 0.15) is 32.3 Å². The van der Waals surface area contributed by atoms with Gasteiger partial charge in [0.05, 0.1) is 13.7 Å². The largest absolute Gasteiger partial charge is 0.497 e. The first-order chi connectivity index (χ1) is 10.0. The van der Waals surface area contributed by atoms with Gasteiger partial charge in [0.15, 0.2) is 0 Å². The molecule has 0 amide bonds. The molecular formula is C16H22O5. The normalized spacial score (nSPS) is 9.67. The lowest BCUT2D eigenvalue weighted by Crippen LogP contribution is -2.02. The SMILES string of the molecule is CCCOC(=O)CC.COc1ccc(/C=C/C(=O)O)cc1. The summed E-state index contributed by atoms with van der Waals surface area (Å²) in [4.78, 5) is 20.5. The third kappa shape index (κ3) is 10.2. The van der Waals surface area contributed by atoms with Crippen molar-refractivity contribution in [3.8, 4) is 5.75 Å². The number of rotatable bonds is 6. The smallest absolute Gasteiger partial charge is 0.328 e. The summed E-state index contributed by atoms with van der Waals surface area (Å²) in [7, 11) is 1.59. The van der Waals surface area contributed by atoms with Crippen LogP contribution in [0.15, 0.2) is 30.3 Å². The average Bonchev–Trinajstić information content (AvgIpc) is 2.51. The molecule has 0 atom stereocenters. The molecule has 116 valence electrons. The molecule has 0 saturated carbocycles. The Morgan fingerprint density at radius 3 is 2.24 bits per heavy atom. The maximum atomic E-state index is 10.3. The topological polar surface area (TPSA) is 72.8 Å². The third-order valence-electron chi connectivity index (χ3n) is 2.29. The molecule has 5 nitrogen and oxygen atoms in total. The number of esters is 1. The predicted octanol–water partition coefficient (Wildman–Crippen LogP) is 3.14. The summed E-state index contributed by atoms with van der Waals surface area (Å²) in [5.41, 5.74) is 0.836. The molecule has 0 heterocycles. The van der Waals surface area contributed by atoms with E-state index in [0.29, 0.717) is 13.0 Å². The minimum Gasteiger partial charge on any atom is -0.497 e. The van der Waals surface area contributed by atoms with Crippen LogP contribution in [0.5, 0.6) is 5.75 Å². The Labute approximate surface area is 125 Å². The van der Waals surface area contributed by atoms with E-state index < -0.39 is 5.97 Å². The van der Waals surface area contributed by atoms with Gasteiger partial charge in [0.2, 0.25) is 0 Å². The molecule has 5 heteroatoms. The summed E-state index contributed by atoms with van der Waals surface area (Å²) in [6, 6.07) is 7.14. The quantitative estimate of drug-likeness (QED) is 0.644. The number of aliphatic carboxylic acids is 1. The van der Waals surface area contributed by atoms with Crippen LogP contribution >= 0.6 is 0 Å². The van der Waals surface area contributed by atoms with Crippen molar-refractivity contribution < 1.29 is 24.2 Å². The average molecular weight is 294 g/mol. The number of carbonyl (C=O) groups excluding carboxylic acids is 1. The maximum Gasteiger partial charge on any atom is 0.328 e. The number of carboxylic acid groups (broad SMARTS) is 1. The van der Waals surface area contributed by atoms with Gasteiger partial charge in [-0.15, -0.1) is 0 Å². The van der Waals surface area contributed by atoms with Crippen molar-refractivity contribution >= 4 is 18.0 Å². The van der Waals surface area contributed by atoms with Crippen LogP contribution in [0.25, 0.3) is 6.08 Å². The Kier molecular flexibility index (Phi) is 10.3. The Balaban J connectivity index is 0.000000433. The Morgan fingerprint density at radius 1 is 1.19 bits per heavy atom. The Hall–Kier alpha value is -2.30. The molecule has 1 aromatic rings. The van der Waals surface area contributed by atoms with Crippen molar-refractivity contribution in [1.29, 1.82) is 0 Å². The fourth-order valence-electron chi connectivity index (χ4n) is 1.20. The summed E-state index contributed by atoms with van der Waals surface area (Å²) in [5.74, 6) is -0.296. The van der Waals surface area contributed by atoms with Crippen molar-refractivity contribution in [1.82, 2.24) is 0 Å². The van der Waals surface area contributed by atoms with Crippen LogP contribution < -0.4 is 4.74 Å². The second kappa shape index (κ2) is 11.5. The van der Waals surface area contributed by atoms with Gasteiger partial charge in [-0.2, -0.15) is 0 Å². The maximum absolute atomic E-state index is 10.3. The van der Waals surface area contributed by atoms with Gasteiger partial charge < -0.3 is 14.6 Å². The van der Waals surface area contributed by atoms with Crippen molar-refractivity contribution in [2.45, 2.75) is 26.7 Å². The first kappa shape index (κ1) is 18.7. The highest BCUT2D eigenvalue weighted by Crippen LogP contribution is 2.11. The van der Waals surface area contributed by atoms with Gasteiger partial charge in [0.25, 0.3) is 0 Å². The summed E-state index contributed by atoms with van der Waals surface area (Å²) < 4.78 is 9.66. The molecule has 0 aliphatic rings. The molecule has 0 radical (unpaired) electrons. The van der Waals surface area contributed by atoms with E-state index in [1.54, 1.807) is 38.3 Å². The lowest BCUT2D eigenvalue weighted by molar-refractivity contribution is -0.143. The van der Waals surface area contributed by atoms with Crippen LogP contribution in [-0.4, -0.2) is 30.8 Å². The number of ether oxygens (including phenoxy) is 2. The van der Waals surface area contributed by atoms with E-state index in [0.717, 1.165) is 23.8 Å². The molecular weight excluding hydrogens is 272 g/mol. The number of methoxy groups -OCH3 is 1. The van der Waals surface area contributed by atoms with Crippen LogP contribution in [0.3, 0.4) is 0 Å². The molecule has 21 heavy (non-hydrogen) atoms. The number of carbonyl (C=O) groups is 2. The van der Waals surface area contributed by atoms with Gasteiger partial charge in [-0.25, -0.2) is 4.79 Å². The van der Waals surface area contributed by atoms with Gasteiger partial charge >= 0.3 is 11.9 Å². The molecule has 1 aromatic carbocycles. The van der Waals surface area contributed by atoms with Crippen molar-refractivity contribution in [3.05, 3.63) is 35.9 Å². The molecule has 0 fully saturated rings. The first-order valence-electron chi connectivity index (χ1n) is 6.74. The zero-order chi connectivity index (χ0) is 16.1. The van der Waals surface area contributed by atoms with Gasteiger partial charge in [0, 0.05) is 12.5 Å². The van der Waals surface area contributed by atoms with Crippen LogP contribution in [0.4, 0.5) is 0 Å². The van der Waals surface area contributed by atoms with Crippen molar-refractivity contribution in [3.63, 3.8) is 0 Å². The summed E-state index contributed by atoms with van der Waals surface area (Å²) in [6.45, 7) is 4.33. The number of hydrogen-bond donors (Lipinski definition) is 1. The third-order valence-corrected chi connectivity index (χ3v) is 2.29. The zero-order valence-corrected chi connectivity index (χ0v) is 12.7. The molecule has 0 bridgehead atoms. The van der Waals surface area contributed by atoms with Gasteiger partial charge in [0.1, 0.15) is 5.75 Å².